The second kappa shape index (κ2) is 8.71. The van der Waals surface area contributed by atoms with E-state index in [0.29, 0.717) is 18.2 Å². The van der Waals surface area contributed by atoms with Gasteiger partial charge in [-0.3, -0.25) is 4.79 Å². The molecule has 1 aliphatic heterocycles. The van der Waals surface area contributed by atoms with Gasteiger partial charge in [0.1, 0.15) is 11.6 Å². The third kappa shape index (κ3) is 4.99. The number of likely N-dealkylation sites (tertiary alicyclic amines) is 1. The highest BCUT2D eigenvalue weighted by Gasteiger charge is 2.28. The number of aromatic nitrogens is 2. The summed E-state index contributed by atoms with van der Waals surface area (Å²) in [6, 6.07) is 3.68. The lowest BCUT2D eigenvalue weighted by Gasteiger charge is -2.31. The standard InChI is InChI=1S/C20H31N5O2/c1-22(2)13-14-24-12-9-21-19(24)16-7-10-25(11-8-16)20(26)18-6-5-17(27-18)15-23(3)4/h5-6,9,12,16H,7-8,10-11,13-15H2,1-4H3. The number of piperidine rings is 1. The second-order valence-electron chi connectivity index (χ2n) is 7.85. The molecule has 0 spiro atoms. The molecule has 3 heterocycles. The van der Waals surface area contributed by atoms with E-state index in [4.69, 9.17) is 4.42 Å². The van der Waals surface area contributed by atoms with Crippen LogP contribution in [0.1, 0.15) is 40.9 Å². The van der Waals surface area contributed by atoms with Crippen LogP contribution in [0.5, 0.6) is 0 Å². The van der Waals surface area contributed by atoms with Gasteiger partial charge in [0, 0.05) is 44.5 Å². The Hall–Kier alpha value is -2.12. The van der Waals surface area contributed by atoms with Gasteiger partial charge in [-0.05, 0) is 53.2 Å². The number of likely N-dealkylation sites (N-methyl/N-ethyl adjacent to an activating group) is 1. The predicted octanol–water partition coefficient (Wildman–Crippen LogP) is 2.12. The highest BCUT2D eigenvalue weighted by Crippen LogP contribution is 2.28. The third-order valence-electron chi connectivity index (χ3n) is 5.03. The summed E-state index contributed by atoms with van der Waals surface area (Å²) >= 11 is 0. The van der Waals surface area contributed by atoms with E-state index in [9.17, 15) is 4.79 Å². The molecule has 148 valence electrons. The van der Waals surface area contributed by atoms with Gasteiger partial charge < -0.3 is 23.7 Å². The van der Waals surface area contributed by atoms with Crippen LogP contribution in [0.4, 0.5) is 0 Å². The van der Waals surface area contributed by atoms with Crippen molar-refractivity contribution in [3.8, 4) is 0 Å². The zero-order valence-electron chi connectivity index (χ0n) is 16.9. The zero-order chi connectivity index (χ0) is 19.4. The van der Waals surface area contributed by atoms with E-state index in [2.05, 4.69) is 34.7 Å². The Morgan fingerprint density at radius 1 is 1.19 bits per heavy atom. The van der Waals surface area contributed by atoms with Gasteiger partial charge in [-0.1, -0.05) is 0 Å². The van der Waals surface area contributed by atoms with E-state index in [1.165, 1.54) is 0 Å². The summed E-state index contributed by atoms with van der Waals surface area (Å²) in [6.45, 7) is 4.13. The average Bonchev–Trinajstić information content (AvgIpc) is 3.28. The maximum Gasteiger partial charge on any atom is 0.289 e. The number of hydrogen-bond donors (Lipinski definition) is 0. The van der Waals surface area contributed by atoms with Crippen molar-refractivity contribution >= 4 is 5.91 Å². The van der Waals surface area contributed by atoms with Gasteiger partial charge in [0.25, 0.3) is 5.91 Å². The molecule has 1 saturated heterocycles. The zero-order valence-corrected chi connectivity index (χ0v) is 16.9. The number of carbonyl (C=O) groups is 1. The van der Waals surface area contributed by atoms with E-state index in [1.54, 1.807) is 6.07 Å². The molecule has 7 heteroatoms. The van der Waals surface area contributed by atoms with E-state index in [1.807, 2.05) is 36.2 Å². The normalized spacial score (nSPS) is 15.9. The minimum absolute atomic E-state index is 0.00518. The Labute approximate surface area is 161 Å². The Morgan fingerprint density at radius 3 is 2.59 bits per heavy atom. The van der Waals surface area contributed by atoms with Crippen molar-refractivity contribution < 1.29 is 9.21 Å². The fourth-order valence-corrected chi connectivity index (χ4v) is 3.56. The van der Waals surface area contributed by atoms with Crippen molar-refractivity contribution in [2.45, 2.75) is 31.8 Å². The molecular formula is C20H31N5O2. The number of imidazole rings is 1. The van der Waals surface area contributed by atoms with Crippen LogP contribution < -0.4 is 0 Å². The molecule has 0 aliphatic carbocycles. The lowest BCUT2D eigenvalue weighted by Crippen LogP contribution is -2.38. The first-order chi connectivity index (χ1) is 12.9. The lowest BCUT2D eigenvalue weighted by molar-refractivity contribution is 0.0675. The summed E-state index contributed by atoms with van der Waals surface area (Å²) in [4.78, 5) is 23.4. The van der Waals surface area contributed by atoms with Crippen molar-refractivity contribution in [2.24, 2.45) is 0 Å². The topological polar surface area (TPSA) is 57.8 Å². The number of furan rings is 1. The molecule has 27 heavy (non-hydrogen) atoms. The van der Waals surface area contributed by atoms with Crippen LogP contribution in [-0.4, -0.2) is 78.0 Å². The van der Waals surface area contributed by atoms with Crippen molar-refractivity contribution in [2.75, 3.05) is 47.8 Å². The summed E-state index contributed by atoms with van der Waals surface area (Å²) < 4.78 is 7.98. The van der Waals surface area contributed by atoms with Gasteiger partial charge in [0.15, 0.2) is 5.76 Å². The van der Waals surface area contributed by atoms with Crippen LogP contribution in [0.3, 0.4) is 0 Å². The first-order valence-corrected chi connectivity index (χ1v) is 9.62. The molecule has 2 aromatic rings. The number of nitrogens with zero attached hydrogens (tertiary/aromatic N) is 5. The Bertz CT molecular complexity index is 741. The molecule has 1 fully saturated rings. The summed E-state index contributed by atoms with van der Waals surface area (Å²) in [6.07, 6.45) is 5.83. The summed E-state index contributed by atoms with van der Waals surface area (Å²) in [7, 11) is 8.13. The molecule has 3 rings (SSSR count). The van der Waals surface area contributed by atoms with Crippen molar-refractivity contribution in [1.82, 2.24) is 24.3 Å². The number of rotatable bonds is 7. The predicted molar refractivity (Wildman–Crippen MR) is 105 cm³/mol. The maximum absolute atomic E-state index is 12.7. The highest BCUT2D eigenvalue weighted by atomic mass is 16.4. The monoisotopic (exact) mass is 373 g/mol. The molecule has 0 radical (unpaired) electrons. The minimum atomic E-state index is -0.00518. The highest BCUT2D eigenvalue weighted by molar-refractivity contribution is 5.91. The molecule has 0 unspecified atom stereocenters. The van der Waals surface area contributed by atoms with Crippen LogP contribution in [0.25, 0.3) is 0 Å². The van der Waals surface area contributed by atoms with Gasteiger partial charge in [0.2, 0.25) is 0 Å². The second-order valence-corrected chi connectivity index (χ2v) is 7.85. The minimum Gasteiger partial charge on any atom is -0.455 e. The molecule has 2 aromatic heterocycles. The van der Waals surface area contributed by atoms with Crippen molar-refractivity contribution in [3.63, 3.8) is 0 Å². The fourth-order valence-electron chi connectivity index (χ4n) is 3.56. The fraction of sp³-hybridized carbons (Fsp3) is 0.600. The molecule has 0 N–H and O–H groups in total. The quantitative estimate of drug-likeness (QED) is 0.744. The molecule has 0 aromatic carbocycles. The Kier molecular flexibility index (Phi) is 6.34. The summed E-state index contributed by atoms with van der Waals surface area (Å²) in [5.41, 5.74) is 0. The first-order valence-electron chi connectivity index (χ1n) is 9.62. The van der Waals surface area contributed by atoms with Crippen LogP contribution in [0.15, 0.2) is 28.9 Å². The lowest BCUT2D eigenvalue weighted by atomic mass is 9.95. The van der Waals surface area contributed by atoms with E-state index in [-0.39, 0.29) is 5.91 Å². The number of hydrogen-bond acceptors (Lipinski definition) is 5. The molecule has 1 amide bonds. The third-order valence-corrected chi connectivity index (χ3v) is 5.03. The first kappa shape index (κ1) is 19.6. The van der Waals surface area contributed by atoms with Gasteiger partial charge >= 0.3 is 0 Å². The van der Waals surface area contributed by atoms with Crippen LogP contribution in [0.2, 0.25) is 0 Å². The molecule has 0 atom stereocenters. The van der Waals surface area contributed by atoms with Crippen LogP contribution in [-0.2, 0) is 13.1 Å². The van der Waals surface area contributed by atoms with Crippen LogP contribution in [0, 0.1) is 0 Å². The largest absolute Gasteiger partial charge is 0.455 e. The number of amides is 1. The van der Waals surface area contributed by atoms with E-state index >= 15 is 0 Å². The van der Waals surface area contributed by atoms with E-state index in [0.717, 1.165) is 50.6 Å². The molecule has 1 aliphatic rings. The van der Waals surface area contributed by atoms with Gasteiger partial charge in [-0.25, -0.2) is 4.98 Å². The van der Waals surface area contributed by atoms with E-state index < -0.39 is 0 Å². The van der Waals surface area contributed by atoms with Crippen molar-refractivity contribution in [3.05, 3.63) is 41.9 Å². The van der Waals surface area contributed by atoms with Crippen molar-refractivity contribution in [1.29, 1.82) is 0 Å². The van der Waals surface area contributed by atoms with Gasteiger partial charge in [0.05, 0.1) is 6.54 Å². The number of carbonyl (C=O) groups excluding carboxylic acids is 1. The molecule has 0 bridgehead atoms. The van der Waals surface area contributed by atoms with Crippen LogP contribution >= 0.6 is 0 Å². The Morgan fingerprint density at radius 2 is 1.93 bits per heavy atom. The Balaban J connectivity index is 1.57. The summed E-state index contributed by atoms with van der Waals surface area (Å²) in [5, 5.41) is 0. The smallest absolute Gasteiger partial charge is 0.289 e. The molecule has 0 saturated carbocycles. The maximum atomic E-state index is 12.7. The molecular weight excluding hydrogens is 342 g/mol. The summed E-state index contributed by atoms with van der Waals surface area (Å²) in [5.74, 6) is 2.82. The SMILES string of the molecule is CN(C)CCn1ccnc1C1CCN(C(=O)c2ccc(CN(C)C)o2)CC1. The average molecular weight is 374 g/mol. The molecule has 7 nitrogen and oxygen atoms in total. The van der Waals surface area contributed by atoms with Gasteiger partial charge in [-0.2, -0.15) is 0 Å². The van der Waals surface area contributed by atoms with Gasteiger partial charge in [-0.15, -0.1) is 0 Å².